The summed E-state index contributed by atoms with van der Waals surface area (Å²) in [7, 11) is 0. The number of carboxylic acids is 1. The molecule has 0 saturated heterocycles. The van der Waals surface area contributed by atoms with Crippen molar-refractivity contribution in [3.05, 3.63) is 24.3 Å². The number of ether oxygens (including phenoxy) is 2. The summed E-state index contributed by atoms with van der Waals surface area (Å²) in [5, 5.41) is 12.4. The maximum Gasteiger partial charge on any atom is 0.311 e. The summed E-state index contributed by atoms with van der Waals surface area (Å²) in [6.07, 6.45) is 2.80. The summed E-state index contributed by atoms with van der Waals surface area (Å²) in [6.45, 7) is 1.91. The normalized spacial score (nSPS) is 24.9. The number of para-hydroxylation sites is 2. The van der Waals surface area contributed by atoms with Crippen LogP contribution >= 0.6 is 0 Å². The van der Waals surface area contributed by atoms with E-state index in [0.29, 0.717) is 24.3 Å². The maximum atomic E-state index is 12.5. The lowest BCUT2D eigenvalue weighted by Gasteiger charge is -2.35. The van der Waals surface area contributed by atoms with E-state index in [4.69, 9.17) is 9.47 Å². The number of rotatable bonds is 4. The average Bonchev–Trinajstić information content (AvgIpc) is 2.59. The van der Waals surface area contributed by atoms with Crippen molar-refractivity contribution in [1.82, 2.24) is 5.32 Å². The molecule has 1 heterocycles. The molecule has 0 bridgehead atoms. The SMILES string of the molecule is CC1Oc2ccccc2OC1C(=O)NCC1(C(=O)O)CCCCC1. The van der Waals surface area contributed by atoms with Gasteiger partial charge < -0.3 is 19.9 Å². The molecule has 130 valence electrons. The number of nitrogens with one attached hydrogen (secondary N) is 1. The highest BCUT2D eigenvalue weighted by Gasteiger charge is 2.41. The fraction of sp³-hybridized carbons (Fsp3) is 0.556. The molecule has 1 aliphatic carbocycles. The minimum absolute atomic E-state index is 0.134. The molecule has 3 rings (SSSR count). The van der Waals surface area contributed by atoms with Gasteiger partial charge in [0.2, 0.25) is 6.10 Å². The first kappa shape index (κ1) is 16.6. The summed E-state index contributed by atoms with van der Waals surface area (Å²) in [5.74, 6) is -0.0189. The number of hydrogen-bond acceptors (Lipinski definition) is 4. The van der Waals surface area contributed by atoms with Gasteiger partial charge >= 0.3 is 5.97 Å². The van der Waals surface area contributed by atoms with Crippen molar-refractivity contribution in [3.8, 4) is 11.5 Å². The molecule has 2 atom stereocenters. The molecular weight excluding hydrogens is 310 g/mol. The van der Waals surface area contributed by atoms with Gasteiger partial charge in [-0.2, -0.15) is 0 Å². The van der Waals surface area contributed by atoms with E-state index in [0.717, 1.165) is 19.3 Å². The second-order valence-electron chi connectivity index (χ2n) is 6.67. The van der Waals surface area contributed by atoms with E-state index in [1.807, 2.05) is 12.1 Å². The quantitative estimate of drug-likeness (QED) is 0.883. The van der Waals surface area contributed by atoms with Crippen molar-refractivity contribution < 1.29 is 24.2 Å². The number of hydrogen-bond donors (Lipinski definition) is 2. The Bertz CT molecular complexity index is 624. The second-order valence-corrected chi connectivity index (χ2v) is 6.67. The zero-order valence-corrected chi connectivity index (χ0v) is 13.8. The Hall–Kier alpha value is -2.24. The minimum Gasteiger partial charge on any atom is -0.482 e. The Morgan fingerprint density at radius 2 is 1.79 bits per heavy atom. The van der Waals surface area contributed by atoms with Crippen LogP contribution in [0.5, 0.6) is 11.5 Å². The van der Waals surface area contributed by atoms with Gasteiger partial charge in [-0.1, -0.05) is 31.4 Å². The molecule has 1 saturated carbocycles. The number of carbonyl (C=O) groups excluding carboxylic acids is 1. The standard InChI is InChI=1S/C18H23NO5/c1-12-15(24-14-8-4-3-7-13(14)23-12)16(20)19-11-18(17(21)22)9-5-2-6-10-18/h3-4,7-8,12,15H,2,5-6,9-11H2,1H3,(H,19,20)(H,21,22). The van der Waals surface area contributed by atoms with Crippen LogP contribution < -0.4 is 14.8 Å². The van der Waals surface area contributed by atoms with Gasteiger partial charge in [0.05, 0.1) is 5.41 Å². The average molecular weight is 333 g/mol. The zero-order chi connectivity index (χ0) is 17.2. The predicted molar refractivity (Wildman–Crippen MR) is 87.1 cm³/mol. The largest absolute Gasteiger partial charge is 0.482 e. The van der Waals surface area contributed by atoms with E-state index in [1.54, 1.807) is 19.1 Å². The fourth-order valence-electron chi connectivity index (χ4n) is 3.46. The molecule has 2 unspecified atom stereocenters. The van der Waals surface area contributed by atoms with Crippen LogP contribution in [0.4, 0.5) is 0 Å². The third-order valence-corrected chi connectivity index (χ3v) is 4.97. The molecule has 6 nitrogen and oxygen atoms in total. The molecular formula is C18H23NO5. The molecule has 1 amide bonds. The van der Waals surface area contributed by atoms with Crippen molar-refractivity contribution in [2.24, 2.45) is 5.41 Å². The number of fused-ring (bicyclic) bond motifs is 1. The minimum atomic E-state index is -0.857. The van der Waals surface area contributed by atoms with Crippen molar-refractivity contribution in [1.29, 1.82) is 0 Å². The first-order valence-electron chi connectivity index (χ1n) is 8.45. The molecule has 1 fully saturated rings. The van der Waals surface area contributed by atoms with Gasteiger partial charge in [0.25, 0.3) is 5.91 Å². The first-order valence-corrected chi connectivity index (χ1v) is 8.45. The maximum absolute atomic E-state index is 12.5. The van der Waals surface area contributed by atoms with Gasteiger partial charge in [0.15, 0.2) is 11.5 Å². The molecule has 2 aliphatic rings. The third-order valence-electron chi connectivity index (χ3n) is 4.97. The third kappa shape index (κ3) is 3.18. The van der Waals surface area contributed by atoms with Gasteiger partial charge in [-0.05, 0) is 31.9 Å². The predicted octanol–water partition coefficient (Wildman–Crippen LogP) is 2.37. The van der Waals surface area contributed by atoms with E-state index < -0.39 is 23.6 Å². The molecule has 0 radical (unpaired) electrons. The molecule has 1 aromatic rings. The van der Waals surface area contributed by atoms with Crippen molar-refractivity contribution in [3.63, 3.8) is 0 Å². The first-order chi connectivity index (χ1) is 11.5. The molecule has 1 aromatic carbocycles. The van der Waals surface area contributed by atoms with Gasteiger partial charge in [0, 0.05) is 6.54 Å². The second kappa shape index (κ2) is 6.71. The van der Waals surface area contributed by atoms with Gasteiger partial charge in [0.1, 0.15) is 6.10 Å². The number of carbonyl (C=O) groups is 2. The lowest BCUT2D eigenvalue weighted by molar-refractivity contribution is -0.151. The molecule has 6 heteroatoms. The number of amides is 1. The number of aliphatic carboxylic acids is 1. The van der Waals surface area contributed by atoms with Crippen molar-refractivity contribution >= 4 is 11.9 Å². The highest BCUT2D eigenvalue weighted by Crippen LogP contribution is 2.36. The number of benzene rings is 1. The molecule has 2 N–H and O–H groups in total. The fourth-order valence-corrected chi connectivity index (χ4v) is 3.46. The Morgan fingerprint density at radius 1 is 1.17 bits per heavy atom. The van der Waals surface area contributed by atoms with E-state index in [-0.39, 0.29) is 12.5 Å². The highest BCUT2D eigenvalue weighted by molar-refractivity contribution is 5.83. The summed E-state index contributed by atoms with van der Waals surface area (Å²) in [6, 6.07) is 7.20. The molecule has 24 heavy (non-hydrogen) atoms. The zero-order valence-electron chi connectivity index (χ0n) is 13.8. The van der Waals surface area contributed by atoms with Crippen molar-refractivity contribution in [2.45, 2.75) is 51.2 Å². The van der Waals surface area contributed by atoms with Crippen LogP contribution in [-0.4, -0.2) is 35.7 Å². The van der Waals surface area contributed by atoms with Crippen LogP contribution in [-0.2, 0) is 9.59 Å². The lowest BCUT2D eigenvalue weighted by Crippen LogP contribution is -2.52. The highest BCUT2D eigenvalue weighted by atomic mass is 16.6. The van der Waals surface area contributed by atoms with E-state index in [1.165, 1.54) is 0 Å². The topological polar surface area (TPSA) is 84.9 Å². The van der Waals surface area contributed by atoms with Gasteiger partial charge in [-0.3, -0.25) is 9.59 Å². The Labute approximate surface area is 141 Å². The van der Waals surface area contributed by atoms with Crippen LogP contribution in [0.2, 0.25) is 0 Å². The van der Waals surface area contributed by atoms with Crippen molar-refractivity contribution in [2.75, 3.05) is 6.54 Å². The summed E-state index contributed by atoms with van der Waals surface area (Å²) in [4.78, 5) is 24.2. The van der Waals surface area contributed by atoms with Crippen LogP contribution in [0.25, 0.3) is 0 Å². The van der Waals surface area contributed by atoms with Crippen LogP contribution in [0.3, 0.4) is 0 Å². The molecule has 0 spiro atoms. The number of carboxylic acid groups (broad SMARTS) is 1. The van der Waals surface area contributed by atoms with Crippen LogP contribution in [0, 0.1) is 5.41 Å². The summed E-state index contributed by atoms with van der Waals surface area (Å²) >= 11 is 0. The van der Waals surface area contributed by atoms with Crippen LogP contribution in [0.15, 0.2) is 24.3 Å². The Morgan fingerprint density at radius 3 is 2.42 bits per heavy atom. The summed E-state index contributed by atoms with van der Waals surface area (Å²) < 4.78 is 11.5. The Kier molecular flexibility index (Phi) is 4.64. The van der Waals surface area contributed by atoms with E-state index >= 15 is 0 Å². The molecule has 0 aromatic heterocycles. The van der Waals surface area contributed by atoms with Gasteiger partial charge in [-0.25, -0.2) is 0 Å². The van der Waals surface area contributed by atoms with E-state index in [9.17, 15) is 14.7 Å². The smallest absolute Gasteiger partial charge is 0.311 e. The lowest BCUT2D eigenvalue weighted by atomic mass is 9.74. The van der Waals surface area contributed by atoms with Crippen LogP contribution in [0.1, 0.15) is 39.0 Å². The summed E-state index contributed by atoms with van der Waals surface area (Å²) in [5.41, 5.74) is -0.857. The Balaban J connectivity index is 1.65. The molecule has 1 aliphatic heterocycles. The monoisotopic (exact) mass is 333 g/mol. The van der Waals surface area contributed by atoms with Gasteiger partial charge in [-0.15, -0.1) is 0 Å². The van der Waals surface area contributed by atoms with E-state index in [2.05, 4.69) is 5.32 Å².